The molecule has 4 aromatic heterocycles. The fourth-order valence-electron chi connectivity index (χ4n) is 20.3. The average Bonchev–Trinajstić information content (AvgIpc) is 1.63. The van der Waals surface area contributed by atoms with Crippen LogP contribution in [-0.2, 0) is 19.2 Å². The number of carbonyl (C=O) groups excluding carboxylic acids is 4. The van der Waals surface area contributed by atoms with Crippen molar-refractivity contribution >= 4 is 94.7 Å². The monoisotopic (exact) mass is 2010 g/mol. The molecule has 1 saturated carbocycles. The van der Waals surface area contributed by atoms with Crippen molar-refractivity contribution in [3.63, 3.8) is 0 Å². The normalized spacial score (nSPS) is 22.8. The molecule has 8 aromatic rings. The molecule has 9 heterocycles. The van der Waals surface area contributed by atoms with E-state index in [1.165, 1.54) is 56.1 Å². The Kier molecular flexibility index (Phi) is 32.8. The zero-order chi connectivity index (χ0) is 93.3. The number of hydrogen-bond acceptors (Lipinski definition) is 25. The lowest BCUT2D eigenvalue weighted by molar-refractivity contribution is -0.134. The molecule has 12 atom stereocenters. The van der Waals surface area contributed by atoms with E-state index in [0.717, 1.165) is 137 Å². The molecule has 35 heteroatoms. The number of nitrogens with zero attached hydrogens (tertiary/aromatic N) is 18. The number of likely N-dealkylation sites (N-methyl/N-ethyl adjacent to an activating group) is 1. The lowest BCUT2D eigenvalue weighted by Gasteiger charge is -2.40. The smallest absolute Gasteiger partial charge is 0.231 e. The van der Waals surface area contributed by atoms with Gasteiger partial charge in [0, 0.05) is 200 Å². The van der Waals surface area contributed by atoms with Crippen LogP contribution in [0.2, 0.25) is 0 Å². The Bertz CT molecular complexity index is 5290. The van der Waals surface area contributed by atoms with E-state index in [1.807, 2.05) is 39.8 Å². The van der Waals surface area contributed by atoms with E-state index in [0.29, 0.717) is 168 Å². The number of nitrogens with one attached hydrogen (secondary N) is 2. The number of benzene rings is 4. The van der Waals surface area contributed by atoms with Gasteiger partial charge in [-0.1, -0.05) is 103 Å². The van der Waals surface area contributed by atoms with Crippen molar-refractivity contribution in [3.8, 4) is 0 Å². The van der Waals surface area contributed by atoms with Gasteiger partial charge < -0.3 is 76.0 Å². The summed E-state index contributed by atoms with van der Waals surface area (Å²) in [4.78, 5) is 111. The third kappa shape index (κ3) is 22.6. The molecule has 1 unspecified atom stereocenters. The van der Waals surface area contributed by atoms with E-state index in [2.05, 4.69) is 181 Å². The van der Waals surface area contributed by atoms with Crippen molar-refractivity contribution in [2.75, 3.05) is 190 Å². The van der Waals surface area contributed by atoms with Crippen LogP contribution in [0, 0.1) is 23.4 Å². The van der Waals surface area contributed by atoms with E-state index in [9.17, 15) is 52.8 Å². The van der Waals surface area contributed by atoms with Crippen LogP contribution in [0.4, 0.5) is 36.4 Å². The molecule has 708 valence electrons. The van der Waals surface area contributed by atoms with Gasteiger partial charge in [-0.05, 0) is 176 Å². The number of rotatable bonds is 23. The lowest BCUT2D eigenvalue weighted by atomic mass is 9.96. The van der Waals surface area contributed by atoms with Crippen LogP contribution >= 0.6 is 47.8 Å². The fraction of sp³-hybridized carbons (Fsp3) is 0.546. The third-order valence-corrected chi connectivity index (χ3v) is 29.7. The van der Waals surface area contributed by atoms with Crippen molar-refractivity contribution in [1.82, 2.24) is 79.9 Å². The minimum atomic E-state index is -0.705. The molecule has 18 rings (SSSR count). The second-order valence-corrected chi connectivity index (χ2v) is 39.8. The maximum Gasteiger partial charge on any atom is 0.231 e. The van der Waals surface area contributed by atoms with Gasteiger partial charge in [-0.3, -0.25) is 29.0 Å². The van der Waals surface area contributed by atoms with Gasteiger partial charge in [-0.2, -0.15) is 0 Å². The van der Waals surface area contributed by atoms with Crippen molar-refractivity contribution in [3.05, 3.63) is 208 Å². The maximum atomic E-state index is 14.4. The predicted octanol–water partition coefficient (Wildman–Crippen LogP) is 11.1. The van der Waals surface area contributed by atoms with Crippen LogP contribution in [0.1, 0.15) is 226 Å². The SMILES string of the molecule is CC(C)N1CCN(C[C@@H](C(=O)N2CCN(c3ncnc4c3[C@H](C)C[C@H]4O)CC2)c2ccc(Br)cc2)CC1.CCNCC(C(=O)N1CCN(c2ncnc3c2[C@H](C)C[C@H]3O)CC1)c1ccc(F)cc1.C[C@@H]1C[C@H](O)c2ncnc(N3CCN(C(=O)[C@H](CN)c4ccc(Br)cc4F)CC3)c21.C[C@@H]1C[C@H](O)c2ncnc(N3CCN(C(=O)[C@H](CNCC4CC4)c4ccc(Br)c(F)c4)CC3)c21. The Morgan fingerprint density at radius 3 is 1.15 bits per heavy atom. The molecule has 5 aliphatic heterocycles. The van der Waals surface area contributed by atoms with Gasteiger partial charge in [-0.25, -0.2) is 53.0 Å². The Labute approximate surface area is 796 Å². The average molecular weight is 2010 g/mol. The highest BCUT2D eigenvalue weighted by atomic mass is 79.9. The second kappa shape index (κ2) is 44.3. The van der Waals surface area contributed by atoms with Crippen molar-refractivity contribution in [2.24, 2.45) is 11.7 Å². The molecule has 10 aliphatic rings. The van der Waals surface area contributed by atoms with Gasteiger partial charge in [0.05, 0.1) is 75.3 Å². The summed E-state index contributed by atoms with van der Waals surface area (Å²) >= 11 is 9.99. The quantitative estimate of drug-likeness (QED) is 0.0313. The Morgan fingerprint density at radius 1 is 0.424 bits per heavy atom. The summed E-state index contributed by atoms with van der Waals surface area (Å²) in [7, 11) is 0. The molecule has 0 radical (unpaired) electrons. The zero-order valence-electron chi connectivity index (χ0n) is 76.4. The molecule has 4 aromatic carbocycles. The summed E-state index contributed by atoms with van der Waals surface area (Å²) in [5.41, 5.74) is 15.9. The van der Waals surface area contributed by atoms with E-state index in [4.69, 9.17) is 5.73 Å². The first-order chi connectivity index (χ1) is 63.6. The molecule has 0 spiro atoms. The number of hydrogen-bond donors (Lipinski definition) is 7. The predicted molar refractivity (Wildman–Crippen MR) is 511 cm³/mol. The zero-order valence-corrected chi connectivity index (χ0v) is 81.2. The summed E-state index contributed by atoms with van der Waals surface area (Å²) in [6.07, 6.45) is 9.13. The van der Waals surface area contributed by atoms with E-state index in [1.54, 1.807) is 41.6 Å². The summed E-state index contributed by atoms with van der Waals surface area (Å²) in [6.45, 7) is 32.5. The van der Waals surface area contributed by atoms with Gasteiger partial charge in [0.25, 0.3) is 0 Å². The molecular formula is C97H125Br3F3N21O8. The van der Waals surface area contributed by atoms with Crippen molar-refractivity contribution < 1.29 is 52.8 Å². The molecular weight excluding hydrogens is 1880 g/mol. The Balaban J connectivity index is 0.000000135. The second-order valence-electron chi connectivity index (χ2n) is 37.1. The largest absolute Gasteiger partial charge is 0.387 e. The van der Waals surface area contributed by atoms with Gasteiger partial charge in [0.15, 0.2) is 0 Å². The summed E-state index contributed by atoms with van der Waals surface area (Å²) in [5, 5.41) is 47.9. The topological polar surface area (TPSA) is 335 Å². The number of carbonyl (C=O) groups is 4. The van der Waals surface area contributed by atoms with Crippen LogP contribution in [0.25, 0.3) is 0 Å². The highest BCUT2D eigenvalue weighted by molar-refractivity contribution is 9.11. The molecule has 132 heavy (non-hydrogen) atoms. The molecule has 5 saturated heterocycles. The molecule has 8 N–H and O–H groups in total. The number of aliphatic hydroxyl groups is 4. The first-order valence-corrected chi connectivity index (χ1v) is 49.3. The standard InChI is InChI=1S/C28H39BrN6O2.C25H31BrFN5O2.C23H30FN5O2.C21H25BrFN5O2/c1-19(2)33-10-8-32(9-11-33)17-23(21-4-6-22(29)7-5-21)28(37)35-14-12-34(13-15-35)27-25-20(3)16-24(36)26(25)30-18-31-27;1-15-10-21(33)23-22(15)24(30-14-29-23)31-6-8-32(9-7-31)25(34)18(13-28-12-16-2-3-16)17-4-5-19(26)20(27)11-17;1-3-25-13-18(16-4-6-17(24)7-5-16)23(31)29-10-8-28(9-11-29)22-20-15(2)12-19(30)21(20)26-14-27-22;1-12-8-17(29)19-18(12)20(26-11-25-19)27-4-6-28(7-5-27)21(30)15(10-24)14-3-2-13(22)9-16(14)23/h4-7,18-20,23-24,36H,8-17H2,1-3H3;4-5,11,14-16,18,21,28,33H,2-3,6-10,12-13H2,1H3;4-7,14-15,18-19,25,30H,3,8-13H2,1-2H3;2-3,9,11-12,15,17,29H,4-8,10,24H2,1H3/t20-,23-,24-;15-,18-,21+;15-,18?,19-;12-,15-,17+/m1111/s1. The minimum Gasteiger partial charge on any atom is -0.387 e. The van der Waals surface area contributed by atoms with Crippen molar-refractivity contribution in [1.29, 1.82) is 0 Å². The van der Waals surface area contributed by atoms with Gasteiger partial charge in [0.1, 0.15) is 66.0 Å². The number of aliphatic hydroxyl groups excluding tert-OH is 4. The number of aromatic nitrogens is 8. The maximum absolute atomic E-state index is 14.4. The summed E-state index contributed by atoms with van der Waals surface area (Å²) in [6, 6.07) is 24.7. The number of halogens is 6. The van der Waals surface area contributed by atoms with Crippen molar-refractivity contribution in [2.45, 2.75) is 165 Å². The van der Waals surface area contributed by atoms with Crippen LogP contribution in [-0.4, -0.2) is 290 Å². The lowest BCUT2D eigenvalue weighted by Crippen LogP contribution is -2.53. The summed E-state index contributed by atoms with van der Waals surface area (Å²) in [5.74, 6) is 2.47. The first-order valence-electron chi connectivity index (χ1n) is 46.9. The van der Waals surface area contributed by atoms with Crippen LogP contribution in [0.15, 0.2) is 124 Å². The molecule has 0 bridgehead atoms. The van der Waals surface area contributed by atoms with Gasteiger partial charge >= 0.3 is 0 Å². The summed E-state index contributed by atoms with van der Waals surface area (Å²) < 4.78 is 44.1. The Morgan fingerprint density at radius 2 is 0.780 bits per heavy atom. The highest BCUT2D eigenvalue weighted by Gasteiger charge is 2.42. The number of nitrogens with two attached hydrogens (primary N) is 1. The van der Waals surface area contributed by atoms with Crippen LogP contribution in [0.5, 0.6) is 0 Å². The first kappa shape index (κ1) is 97.7. The van der Waals surface area contributed by atoms with Crippen LogP contribution < -0.4 is 36.0 Å². The Hall–Kier alpha value is -8.85. The van der Waals surface area contributed by atoms with Gasteiger partial charge in [-0.15, -0.1) is 0 Å². The van der Waals surface area contributed by atoms with E-state index in [-0.39, 0.29) is 77.3 Å². The van der Waals surface area contributed by atoms with Crippen LogP contribution in [0.3, 0.4) is 0 Å². The molecule has 4 amide bonds. The number of fused-ring (bicyclic) bond motifs is 4. The number of piperazine rings is 5. The van der Waals surface area contributed by atoms with E-state index < -0.39 is 42.1 Å². The third-order valence-electron chi connectivity index (χ3n) is 28.0. The molecule has 29 nitrogen and oxygen atoms in total. The molecule has 5 aliphatic carbocycles. The highest BCUT2D eigenvalue weighted by Crippen LogP contribution is 2.48. The molecule has 6 fully saturated rings. The fourth-order valence-corrected chi connectivity index (χ4v) is 21.1. The minimum absolute atomic E-state index is 0.0291. The van der Waals surface area contributed by atoms with E-state index >= 15 is 0 Å². The number of amides is 4. The number of anilines is 4. The van der Waals surface area contributed by atoms with Gasteiger partial charge in [0.2, 0.25) is 23.6 Å².